The van der Waals surface area contributed by atoms with Crippen LogP contribution in [0.2, 0.25) is 0 Å². The van der Waals surface area contributed by atoms with Gasteiger partial charge in [-0.1, -0.05) is 32.0 Å². The molecule has 1 aliphatic heterocycles. The highest BCUT2D eigenvalue weighted by Gasteiger charge is 2.39. The fourth-order valence-electron chi connectivity index (χ4n) is 5.56. The van der Waals surface area contributed by atoms with E-state index >= 15 is 8.78 Å². The van der Waals surface area contributed by atoms with Gasteiger partial charge in [0.2, 0.25) is 0 Å². The molecule has 0 saturated carbocycles. The van der Waals surface area contributed by atoms with Gasteiger partial charge in [-0.2, -0.15) is 5.26 Å². The van der Waals surface area contributed by atoms with Gasteiger partial charge in [-0.05, 0) is 48.0 Å². The van der Waals surface area contributed by atoms with E-state index in [1.807, 2.05) is 19.9 Å². The molecule has 0 unspecified atom stereocenters. The SMILES string of the molecule is CC1(C)COC[C@H]1n1c(Cc2ccc(-c3ccc(F)c(OCc4ccc(C#N)cc4F)n3)cc2F)nc2c(F)cc(C(=O)O)cc21. The van der Waals surface area contributed by atoms with Crippen LogP contribution in [0.1, 0.15) is 52.8 Å². The maximum absolute atomic E-state index is 15.6. The third-order valence-corrected chi connectivity index (χ3v) is 8.09. The number of benzene rings is 3. The number of hydrogen-bond acceptors (Lipinski definition) is 6. The van der Waals surface area contributed by atoms with Gasteiger partial charge in [0.15, 0.2) is 11.6 Å². The summed E-state index contributed by atoms with van der Waals surface area (Å²) in [6.45, 7) is 4.30. The number of halogens is 4. The Kier molecular flexibility index (Phi) is 7.96. The van der Waals surface area contributed by atoms with E-state index in [1.165, 1.54) is 36.4 Å². The third-order valence-electron chi connectivity index (χ3n) is 8.09. The van der Waals surface area contributed by atoms with Gasteiger partial charge in [0, 0.05) is 23.0 Å². The number of nitrogens with zero attached hydrogens (tertiary/aromatic N) is 4. The Morgan fingerprint density at radius 1 is 1.00 bits per heavy atom. The fourth-order valence-corrected chi connectivity index (χ4v) is 5.56. The minimum Gasteiger partial charge on any atom is -0.478 e. The molecular weight excluding hydrogens is 604 g/mol. The van der Waals surface area contributed by atoms with Crippen LogP contribution in [-0.2, 0) is 17.8 Å². The van der Waals surface area contributed by atoms with Crippen LogP contribution in [0.3, 0.4) is 0 Å². The highest BCUT2D eigenvalue weighted by Crippen LogP contribution is 2.41. The summed E-state index contributed by atoms with van der Waals surface area (Å²) < 4.78 is 72.4. The van der Waals surface area contributed by atoms with E-state index in [0.717, 1.165) is 18.2 Å². The normalized spacial score (nSPS) is 15.6. The molecule has 1 atom stereocenters. The summed E-state index contributed by atoms with van der Waals surface area (Å²) in [5.41, 5.74) is 0.577. The number of carbonyl (C=O) groups is 1. The Labute approximate surface area is 260 Å². The van der Waals surface area contributed by atoms with E-state index in [2.05, 4.69) is 9.97 Å². The first-order valence-electron chi connectivity index (χ1n) is 14.2. The lowest BCUT2D eigenvalue weighted by Crippen LogP contribution is -2.27. The summed E-state index contributed by atoms with van der Waals surface area (Å²) in [5, 5.41) is 18.5. The summed E-state index contributed by atoms with van der Waals surface area (Å²) in [4.78, 5) is 20.3. The van der Waals surface area contributed by atoms with Gasteiger partial charge in [0.05, 0.1) is 47.7 Å². The number of carboxylic acids is 1. The lowest BCUT2D eigenvalue weighted by atomic mass is 9.87. The average Bonchev–Trinajstić information content (AvgIpc) is 3.56. The number of imidazole rings is 1. The summed E-state index contributed by atoms with van der Waals surface area (Å²) in [5.74, 6) is -4.28. The number of hydrogen-bond donors (Lipinski definition) is 1. The zero-order valence-corrected chi connectivity index (χ0v) is 24.7. The molecule has 46 heavy (non-hydrogen) atoms. The van der Waals surface area contributed by atoms with Crippen LogP contribution in [-0.4, -0.2) is 38.8 Å². The van der Waals surface area contributed by atoms with Crippen molar-refractivity contribution in [2.24, 2.45) is 5.41 Å². The molecule has 0 aliphatic carbocycles. The van der Waals surface area contributed by atoms with Gasteiger partial charge in [0.25, 0.3) is 5.88 Å². The lowest BCUT2D eigenvalue weighted by Gasteiger charge is -2.28. The van der Waals surface area contributed by atoms with Crippen molar-refractivity contribution < 1.29 is 36.9 Å². The second-order valence-electron chi connectivity index (χ2n) is 11.7. The summed E-state index contributed by atoms with van der Waals surface area (Å²) >= 11 is 0. The molecular formula is C34H26F4N4O4. The highest BCUT2D eigenvalue weighted by atomic mass is 19.1. The van der Waals surface area contributed by atoms with Gasteiger partial charge in [-0.3, -0.25) is 0 Å². The van der Waals surface area contributed by atoms with E-state index in [-0.39, 0.29) is 64.7 Å². The molecule has 1 N–H and O–H groups in total. The third kappa shape index (κ3) is 5.77. The van der Waals surface area contributed by atoms with Crippen molar-refractivity contribution >= 4 is 17.0 Å². The number of carboxylic acid groups (broad SMARTS) is 1. The first-order chi connectivity index (χ1) is 21.9. The average molecular weight is 631 g/mol. The van der Waals surface area contributed by atoms with Gasteiger partial charge in [-0.25, -0.2) is 32.3 Å². The standard InChI is InChI=1S/C34H26F4N4O4/c1-34(2)17-45-16-29(34)42-28-12-22(33(43)44)11-26(38)31(28)41-30(42)13-19-5-6-20(10-25(19)37)27-8-7-23(35)32(40-27)46-15-21-4-3-18(14-39)9-24(21)36/h3-12,29H,13,15-17H2,1-2H3,(H,43,44)/t29-/m1/s1. The van der Waals surface area contributed by atoms with Crippen LogP contribution in [0.5, 0.6) is 5.88 Å². The van der Waals surface area contributed by atoms with E-state index < -0.39 is 40.5 Å². The lowest BCUT2D eigenvalue weighted by molar-refractivity contribution is 0.0696. The van der Waals surface area contributed by atoms with Crippen LogP contribution in [0.4, 0.5) is 17.6 Å². The first kappa shape index (κ1) is 30.7. The molecule has 0 radical (unpaired) electrons. The summed E-state index contributed by atoms with van der Waals surface area (Å²) in [6, 6.07) is 14.4. The topological polar surface area (TPSA) is 110 Å². The van der Waals surface area contributed by atoms with Gasteiger partial charge in [0.1, 0.15) is 29.6 Å². The number of nitriles is 1. The van der Waals surface area contributed by atoms with Gasteiger partial charge >= 0.3 is 5.97 Å². The summed E-state index contributed by atoms with van der Waals surface area (Å²) in [6.07, 6.45) is -0.0451. The molecule has 0 amide bonds. The van der Waals surface area contributed by atoms with Crippen LogP contribution < -0.4 is 4.74 Å². The zero-order chi connectivity index (χ0) is 32.7. The second-order valence-corrected chi connectivity index (χ2v) is 11.7. The molecule has 1 saturated heterocycles. The Bertz CT molecular complexity index is 2050. The summed E-state index contributed by atoms with van der Waals surface area (Å²) in [7, 11) is 0. The second kappa shape index (κ2) is 11.9. The molecule has 3 heterocycles. The minimum absolute atomic E-state index is 0.0244. The van der Waals surface area contributed by atoms with E-state index in [0.29, 0.717) is 18.0 Å². The largest absolute Gasteiger partial charge is 0.478 e. The maximum atomic E-state index is 15.6. The van der Waals surface area contributed by atoms with Crippen molar-refractivity contribution in [2.75, 3.05) is 13.2 Å². The van der Waals surface area contributed by atoms with E-state index in [9.17, 15) is 18.7 Å². The molecule has 0 bridgehead atoms. The van der Waals surface area contributed by atoms with Gasteiger partial charge in [-0.15, -0.1) is 0 Å². The molecule has 0 spiro atoms. The van der Waals surface area contributed by atoms with Crippen molar-refractivity contribution in [3.05, 3.63) is 112 Å². The Morgan fingerprint density at radius 3 is 2.43 bits per heavy atom. The number of rotatable bonds is 8. The number of ether oxygens (including phenoxy) is 2. The van der Waals surface area contributed by atoms with E-state index in [4.69, 9.17) is 14.7 Å². The van der Waals surface area contributed by atoms with Crippen molar-refractivity contribution in [3.63, 3.8) is 0 Å². The molecule has 1 fully saturated rings. The Balaban J connectivity index is 1.31. The van der Waals surface area contributed by atoms with Crippen molar-refractivity contribution in [1.29, 1.82) is 5.26 Å². The van der Waals surface area contributed by atoms with E-state index in [1.54, 1.807) is 10.6 Å². The number of aromatic carboxylic acids is 1. The minimum atomic E-state index is -1.29. The highest BCUT2D eigenvalue weighted by molar-refractivity contribution is 5.93. The quantitative estimate of drug-likeness (QED) is 0.184. The van der Waals surface area contributed by atoms with Gasteiger partial charge < -0.3 is 19.1 Å². The Hall–Kier alpha value is -5.28. The molecule has 8 nitrogen and oxygen atoms in total. The monoisotopic (exact) mass is 630 g/mol. The smallest absolute Gasteiger partial charge is 0.335 e. The molecule has 1 aliphatic rings. The maximum Gasteiger partial charge on any atom is 0.335 e. The van der Waals surface area contributed by atoms with Crippen molar-refractivity contribution in [3.8, 4) is 23.2 Å². The molecule has 6 rings (SSSR count). The first-order valence-corrected chi connectivity index (χ1v) is 14.2. The van der Waals surface area contributed by atoms with Crippen molar-refractivity contribution in [2.45, 2.75) is 32.9 Å². The van der Waals surface area contributed by atoms with Crippen LogP contribution in [0.25, 0.3) is 22.3 Å². The molecule has 2 aromatic heterocycles. The number of aromatic nitrogens is 3. The fraction of sp³-hybridized carbons (Fsp3) is 0.235. The van der Waals surface area contributed by atoms with Crippen LogP contribution in [0.15, 0.2) is 60.7 Å². The predicted molar refractivity (Wildman–Crippen MR) is 158 cm³/mol. The molecule has 234 valence electrons. The molecule has 5 aromatic rings. The predicted octanol–water partition coefficient (Wildman–Crippen LogP) is 6.99. The van der Waals surface area contributed by atoms with Crippen LogP contribution >= 0.6 is 0 Å². The number of fused-ring (bicyclic) bond motifs is 1. The Morgan fingerprint density at radius 2 is 1.76 bits per heavy atom. The van der Waals surface area contributed by atoms with Crippen molar-refractivity contribution in [1.82, 2.24) is 14.5 Å². The van der Waals surface area contributed by atoms with Crippen LogP contribution in [0, 0.1) is 40.0 Å². The molecule has 3 aromatic carbocycles. The number of pyridine rings is 1. The zero-order valence-electron chi connectivity index (χ0n) is 24.7. The molecule has 12 heteroatoms.